The highest BCUT2D eigenvalue weighted by Crippen LogP contribution is 2.25. The highest BCUT2D eigenvalue weighted by molar-refractivity contribution is 7.92. The molecule has 0 unspecified atom stereocenters. The number of hydrogen-bond acceptors (Lipinski definition) is 4. The maximum absolute atomic E-state index is 12.6. The third-order valence-corrected chi connectivity index (χ3v) is 5.66. The lowest BCUT2D eigenvalue weighted by atomic mass is 10.1. The van der Waals surface area contributed by atoms with Gasteiger partial charge in [-0.3, -0.25) is 4.72 Å². The van der Waals surface area contributed by atoms with Gasteiger partial charge in [0.15, 0.2) is 0 Å². The van der Waals surface area contributed by atoms with E-state index in [9.17, 15) is 8.42 Å². The summed E-state index contributed by atoms with van der Waals surface area (Å²) >= 11 is 0. The molecule has 0 atom stereocenters. The summed E-state index contributed by atoms with van der Waals surface area (Å²) in [5.74, 6) is 0.661. The Morgan fingerprint density at radius 1 is 1.04 bits per heavy atom. The predicted molar refractivity (Wildman–Crippen MR) is 101 cm³/mol. The molecule has 3 rings (SSSR count). The monoisotopic (exact) mass is 360 g/mol. The molecule has 1 aliphatic heterocycles. The highest BCUT2D eigenvalue weighted by Gasteiger charge is 2.16. The molecule has 0 aliphatic carbocycles. The SMILES string of the molecule is CCOc1ccc(S(=O)(=O)Nc2cccc(N3CCCCC3)c2)cc1. The maximum Gasteiger partial charge on any atom is 0.261 e. The molecule has 1 N–H and O–H groups in total. The Morgan fingerprint density at radius 2 is 1.76 bits per heavy atom. The van der Waals surface area contributed by atoms with Crippen molar-refractivity contribution in [1.82, 2.24) is 0 Å². The minimum absolute atomic E-state index is 0.222. The fourth-order valence-electron chi connectivity index (χ4n) is 3.01. The van der Waals surface area contributed by atoms with Crippen molar-refractivity contribution in [1.29, 1.82) is 0 Å². The maximum atomic E-state index is 12.6. The lowest BCUT2D eigenvalue weighted by Crippen LogP contribution is -2.29. The Labute approximate surface area is 149 Å². The lowest BCUT2D eigenvalue weighted by Gasteiger charge is -2.29. The number of sulfonamides is 1. The first-order valence-electron chi connectivity index (χ1n) is 8.69. The van der Waals surface area contributed by atoms with E-state index in [0.29, 0.717) is 18.0 Å². The van der Waals surface area contributed by atoms with Crippen LogP contribution >= 0.6 is 0 Å². The van der Waals surface area contributed by atoms with E-state index in [-0.39, 0.29) is 4.90 Å². The summed E-state index contributed by atoms with van der Waals surface area (Å²) in [5, 5.41) is 0. The number of rotatable bonds is 6. The molecule has 0 spiro atoms. The molecule has 1 fully saturated rings. The minimum Gasteiger partial charge on any atom is -0.494 e. The molecule has 1 saturated heterocycles. The van der Waals surface area contributed by atoms with Crippen LogP contribution in [0.5, 0.6) is 5.75 Å². The second-order valence-corrected chi connectivity index (χ2v) is 7.79. The second kappa shape index (κ2) is 7.78. The molecule has 25 heavy (non-hydrogen) atoms. The van der Waals surface area contributed by atoms with Gasteiger partial charge in [-0.15, -0.1) is 0 Å². The Bertz CT molecular complexity index is 798. The van der Waals surface area contributed by atoms with Gasteiger partial charge >= 0.3 is 0 Å². The van der Waals surface area contributed by atoms with Gasteiger partial charge in [-0.1, -0.05) is 6.07 Å². The van der Waals surface area contributed by atoms with E-state index in [4.69, 9.17) is 4.74 Å². The normalized spacial score (nSPS) is 15.0. The van der Waals surface area contributed by atoms with E-state index < -0.39 is 10.0 Å². The van der Waals surface area contributed by atoms with Crippen molar-refractivity contribution >= 4 is 21.4 Å². The van der Waals surface area contributed by atoms with Crippen molar-refractivity contribution in [2.24, 2.45) is 0 Å². The first kappa shape index (κ1) is 17.6. The number of piperidine rings is 1. The second-order valence-electron chi connectivity index (χ2n) is 6.11. The fourth-order valence-corrected chi connectivity index (χ4v) is 4.06. The first-order valence-corrected chi connectivity index (χ1v) is 10.2. The van der Waals surface area contributed by atoms with E-state index >= 15 is 0 Å². The molecule has 0 aromatic heterocycles. The van der Waals surface area contributed by atoms with E-state index in [0.717, 1.165) is 18.8 Å². The van der Waals surface area contributed by atoms with Gasteiger partial charge in [0.05, 0.1) is 17.2 Å². The quantitative estimate of drug-likeness (QED) is 0.849. The van der Waals surface area contributed by atoms with Crippen LogP contribution in [0, 0.1) is 0 Å². The largest absolute Gasteiger partial charge is 0.494 e. The topological polar surface area (TPSA) is 58.6 Å². The van der Waals surface area contributed by atoms with Gasteiger partial charge in [0.25, 0.3) is 10.0 Å². The first-order chi connectivity index (χ1) is 12.1. The van der Waals surface area contributed by atoms with Crippen LogP contribution in [0.4, 0.5) is 11.4 Å². The summed E-state index contributed by atoms with van der Waals surface area (Å²) < 4.78 is 33.2. The van der Waals surface area contributed by atoms with Crippen LogP contribution in [0.15, 0.2) is 53.4 Å². The molecule has 6 heteroatoms. The van der Waals surface area contributed by atoms with E-state index in [1.165, 1.54) is 19.3 Å². The van der Waals surface area contributed by atoms with Crippen LogP contribution in [0.2, 0.25) is 0 Å². The van der Waals surface area contributed by atoms with Gasteiger partial charge in [0, 0.05) is 18.8 Å². The highest BCUT2D eigenvalue weighted by atomic mass is 32.2. The Morgan fingerprint density at radius 3 is 2.44 bits per heavy atom. The Balaban J connectivity index is 1.76. The number of ether oxygens (including phenoxy) is 1. The molecular weight excluding hydrogens is 336 g/mol. The van der Waals surface area contributed by atoms with Crippen LogP contribution in [0.1, 0.15) is 26.2 Å². The van der Waals surface area contributed by atoms with Crippen LogP contribution < -0.4 is 14.4 Å². The number of nitrogens with zero attached hydrogens (tertiary/aromatic N) is 1. The van der Waals surface area contributed by atoms with Crippen molar-refractivity contribution in [2.75, 3.05) is 29.3 Å². The van der Waals surface area contributed by atoms with Crippen LogP contribution in [-0.2, 0) is 10.0 Å². The molecule has 134 valence electrons. The van der Waals surface area contributed by atoms with Crippen LogP contribution in [0.3, 0.4) is 0 Å². The number of anilines is 2. The summed E-state index contributed by atoms with van der Waals surface area (Å²) in [7, 11) is -3.62. The molecule has 5 nitrogen and oxygen atoms in total. The van der Waals surface area contributed by atoms with E-state index in [1.807, 2.05) is 25.1 Å². The molecule has 0 bridgehead atoms. The average molecular weight is 360 g/mol. The van der Waals surface area contributed by atoms with Crippen molar-refractivity contribution < 1.29 is 13.2 Å². The summed E-state index contributed by atoms with van der Waals surface area (Å²) in [4.78, 5) is 2.53. The van der Waals surface area contributed by atoms with Crippen LogP contribution in [-0.4, -0.2) is 28.1 Å². The lowest BCUT2D eigenvalue weighted by molar-refractivity contribution is 0.340. The smallest absolute Gasteiger partial charge is 0.261 e. The predicted octanol–water partition coefficient (Wildman–Crippen LogP) is 3.88. The van der Waals surface area contributed by atoms with Crippen molar-refractivity contribution in [3.05, 3.63) is 48.5 Å². The van der Waals surface area contributed by atoms with Gasteiger partial charge < -0.3 is 9.64 Å². The van der Waals surface area contributed by atoms with Crippen molar-refractivity contribution in [3.63, 3.8) is 0 Å². The summed E-state index contributed by atoms with van der Waals surface area (Å²) in [6.07, 6.45) is 3.63. The number of hydrogen-bond donors (Lipinski definition) is 1. The molecule has 2 aromatic carbocycles. The van der Waals surface area contributed by atoms with Gasteiger partial charge in [0.2, 0.25) is 0 Å². The standard InChI is InChI=1S/C19H24N2O3S/c1-2-24-18-9-11-19(12-10-18)25(22,23)20-16-7-6-8-17(15-16)21-13-4-3-5-14-21/h6-12,15,20H,2-5,13-14H2,1H3. The third-order valence-electron chi connectivity index (χ3n) is 4.26. The van der Waals surface area contributed by atoms with Gasteiger partial charge in [-0.05, 0) is 68.7 Å². The number of benzene rings is 2. The molecule has 0 radical (unpaired) electrons. The Kier molecular flexibility index (Phi) is 5.48. The molecule has 2 aromatic rings. The van der Waals surface area contributed by atoms with Gasteiger partial charge in [-0.25, -0.2) is 8.42 Å². The van der Waals surface area contributed by atoms with Crippen molar-refractivity contribution in [3.8, 4) is 5.75 Å². The molecule has 1 aliphatic rings. The minimum atomic E-state index is -3.62. The zero-order chi connectivity index (χ0) is 17.7. The van der Waals surface area contributed by atoms with Gasteiger partial charge in [0.1, 0.15) is 5.75 Å². The molecule has 1 heterocycles. The summed E-state index contributed by atoms with van der Waals surface area (Å²) in [6.45, 7) is 4.49. The molecular formula is C19H24N2O3S. The number of nitrogens with one attached hydrogen (secondary N) is 1. The van der Waals surface area contributed by atoms with Crippen LogP contribution in [0.25, 0.3) is 0 Å². The zero-order valence-electron chi connectivity index (χ0n) is 14.4. The zero-order valence-corrected chi connectivity index (χ0v) is 15.3. The molecule has 0 saturated carbocycles. The third kappa shape index (κ3) is 4.45. The summed E-state index contributed by atoms with van der Waals surface area (Å²) in [5.41, 5.74) is 1.64. The average Bonchev–Trinajstić information content (AvgIpc) is 2.63. The summed E-state index contributed by atoms with van der Waals surface area (Å²) in [6, 6.07) is 14.0. The fraction of sp³-hybridized carbons (Fsp3) is 0.368. The van der Waals surface area contributed by atoms with Gasteiger partial charge in [-0.2, -0.15) is 0 Å². The van der Waals surface area contributed by atoms with Crippen molar-refractivity contribution in [2.45, 2.75) is 31.1 Å². The molecule has 0 amide bonds. The van der Waals surface area contributed by atoms with E-state index in [1.54, 1.807) is 30.3 Å². The Hall–Kier alpha value is -2.21. The van der Waals surface area contributed by atoms with E-state index in [2.05, 4.69) is 9.62 Å².